The smallest absolute Gasteiger partial charge is 0.339 e. The molecule has 3 rings (SSSR count). The third-order valence-electron chi connectivity index (χ3n) is 4.50. The standard InChI is InChI=1S/C24H23ClN2O2S/c1-3-29-23(28)20-15-19(12-13-21(20)25)26-24(30)27-22(17-9-5-4-6-10-17)18-11-7-8-16(2)14-18/h4-15,22H,3H2,1-2H3,(H2,26,27,30)/t22-/m1/s1. The summed E-state index contributed by atoms with van der Waals surface area (Å²) in [5.74, 6) is -0.466. The lowest BCUT2D eigenvalue weighted by Crippen LogP contribution is -2.33. The third-order valence-corrected chi connectivity index (χ3v) is 5.05. The lowest BCUT2D eigenvalue weighted by Gasteiger charge is -2.22. The maximum atomic E-state index is 12.1. The van der Waals surface area contributed by atoms with E-state index < -0.39 is 5.97 Å². The Hall–Kier alpha value is -2.89. The van der Waals surface area contributed by atoms with Crippen LogP contribution >= 0.6 is 23.8 Å². The van der Waals surface area contributed by atoms with Crippen molar-refractivity contribution in [2.45, 2.75) is 19.9 Å². The molecule has 0 bridgehead atoms. The fourth-order valence-corrected chi connectivity index (χ4v) is 3.55. The summed E-state index contributed by atoms with van der Waals surface area (Å²) in [6, 6.07) is 23.3. The van der Waals surface area contributed by atoms with E-state index in [0.29, 0.717) is 21.4 Å². The number of rotatable bonds is 6. The zero-order valence-corrected chi connectivity index (χ0v) is 18.4. The summed E-state index contributed by atoms with van der Waals surface area (Å²) in [4.78, 5) is 12.1. The lowest BCUT2D eigenvalue weighted by molar-refractivity contribution is 0.0526. The van der Waals surface area contributed by atoms with E-state index in [2.05, 4.69) is 47.9 Å². The molecule has 4 nitrogen and oxygen atoms in total. The second kappa shape index (κ2) is 10.2. The van der Waals surface area contributed by atoms with Gasteiger partial charge in [-0.15, -0.1) is 0 Å². The summed E-state index contributed by atoms with van der Waals surface area (Å²) in [5, 5.41) is 7.30. The minimum atomic E-state index is -0.466. The SMILES string of the molecule is CCOC(=O)c1cc(NC(=S)N[C@H](c2ccccc2)c2cccc(C)c2)ccc1Cl. The molecule has 0 aliphatic rings. The minimum Gasteiger partial charge on any atom is -0.462 e. The number of aryl methyl sites for hydroxylation is 1. The van der Waals surface area contributed by atoms with Crippen molar-refractivity contribution in [3.8, 4) is 0 Å². The van der Waals surface area contributed by atoms with Crippen LogP contribution in [0.15, 0.2) is 72.8 Å². The van der Waals surface area contributed by atoms with E-state index in [1.807, 2.05) is 24.3 Å². The maximum Gasteiger partial charge on any atom is 0.339 e. The summed E-state index contributed by atoms with van der Waals surface area (Å²) in [6.07, 6.45) is 0. The van der Waals surface area contributed by atoms with E-state index in [0.717, 1.165) is 11.1 Å². The number of carbonyl (C=O) groups is 1. The molecule has 0 unspecified atom stereocenters. The molecule has 0 heterocycles. The average Bonchev–Trinajstić information content (AvgIpc) is 2.74. The van der Waals surface area contributed by atoms with Crippen LogP contribution in [0.1, 0.15) is 40.0 Å². The second-order valence-corrected chi connectivity index (χ2v) is 7.59. The normalized spacial score (nSPS) is 11.4. The molecule has 0 aliphatic heterocycles. The van der Waals surface area contributed by atoms with Gasteiger partial charge in [0.25, 0.3) is 0 Å². The summed E-state index contributed by atoms with van der Waals surface area (Å²) in [5.41, 5.74) is 4.32. The van der Waals surface area contributed by atoms with Gasteiger partial charge < -0.3 is 15.4 Å². The van der Waals surface area contributed by atoms with Crippen LogP contribution in [0.5, 0.6) is 0 Å². The first-order valence-corrected chi connectivity index (χ1v) is 10.4. The van der Waals surface area contributed by atoms with E-state index in [9.17, 15) is 4.79 Å². The predicted octanol–water partition coefficient (Wildman–Crippen LogP) is 5.90. The lowest BCUT2D eigenvalue weighted by atomic mass is 9.97. The number of hydrogen-bond acceptors (Lipinski definition) is 3. The van der Waals surface area contributed by atoms with Crippen molar-refractivity contribution in [1.82, 2.24) is 5.32 Å². The zero-order valence-electron chi connectivity index (χ0n) is 16.8. The highest BCUT2D eigenvalue weighted by Crippen LogP contribution is 2.24. The van der Waals surface area contributed by atoms with Crippen LogP contribution in [0.25, 0.3) is 0 Å². The molecule has 154 valence electrons. The number of carbonyl (C=O) groups excluding carboxylic acids is 1. The molecule has 2 N–H and O–H groups in total. The maximum absolute atomic E-state index is 12.1. The van der Waals surface area contributed by atoms with Gasteiger partial charge in [0.05, 0.1) is 23.2 Å². The van der Waals surface area contributed by atoms with Gasteiger partial charge in [-0.1, -0.05) is 71.8 Å². The van der Waals surface area contributed by atoms with Crippen molar-refractivity contribution in [3.05, 3.63) is 100 Å². The molecule has 30 heavy (non-hydrogen) atoms. The molecule has 0 saturated heterocycles. The molecule has 0 amide bonds. The molecular weight excluding hydrogens is 416 g/mol. The van der Waals surface area contributed by atoms with Gasteiger partial charge in [0.15, 0.2) is 5.11 Å². The van der Waals surface area contributed by atoms with Gasteiger partial charge in [-0.25, -0.2) is 4.79 Å². The molecule has 1 atom stereocenters. The number of ether oxygens (including phenoxy) is 1. The van der Waals surface area contributed by atoms with Gasteiger partial charge in [-0.05, 0) is 55.4 Å². The van der Waals surface area contributed by atoms with Crippen LogP contribution in [-0.4, -0.2) is 17.7 Å². The summed E-state index contributed by atoms with van der Waals surface area (Å²) in [6.45, 7) is 4.09. The minimum absolute atomic E-state index is 0.122. The first-order valence-electron chi connectivity index (χ1n) is 9.63. The molecule has 6 heteroatoms. The average molecular weight is 439 g/mol. The molecule has 3 aromatic rings. The Morgan fingerprint density at radius 2 is 1.77 bits per heavy atom. The van der Waals surface area contributed by atoms with Gasteiger partial charge in [0.2, 0.25) is 0 Å². The van der Waals surface area contributed by atoms with Crippen molar-refractivity contribution >= 4 is 40.6 Å². The fourth-order valence-electron chi connectivity index (χ4n) is 3.12. The number of benzene rings is 3. The first kappa shape index (κ1) is 21.8. The highest BCUT2D eigenvalue weighted by atomic mass is 35.5. The Morgan fingerprint density at radius 3 is 2.47 bits per heavy atom. The molecule has 0 saturated carbocycles. The molecular formula is C24H23ClN2O2S. The van der Waals surface area contributed by atoms with Crippen LogP contribution in [-0.2, 0) is 4.74 Å². The topological polar surface area (TPSA) is 50.4 Å². The fraction of sp³-hybridized carbons (Fsp3) is 0.167. The summed E-state index contributed by atoms with van der Waals surface area (Å²) >= 11 is 11.7. The van der Waals surface area contributed by atoms with Crippen molar-refractivity contribution < 1.29 is 9.53 Å². The summed E-state index contributed by atoms with van der Waals surface area (Å²) < 4.78 is 5.06. The number of halogens is 1. The molecule has 0 fully saturated rings. The number of thiocarbonyl (C=S) groups is 1. The predicted molar refractivity (Wildman–Crippen MR) is 126 cm³/mol. The third kappa shape index (κ3) is 5.59. The number of esters is 1. The molecule has 0 spiro atoms. The van der Waals surface area contributed by atoms with Gasteiger partial charge in [0, 0.05) is 5.69 Å². The molecule has 0 radical (unpaired) electrons. The Bertz CT molecular complexity index is 1040. The summed E-state index contributed by atoms with van der Waals surface area (Å²) in [7, 11) is 0. The van der Waals surface area contributed by atoms with Crippen molar-refractivity contribution in [2.24, 2.45) is 0 Å². The number of hydrogen-bond donors (Lipinski definition) is 2. The largest absolute Gasteiger partial charge is 0.462 e. The van der Waals surface area contributed by atoms with E-state index in [4.69, 9.17) is 28.6 Å². The van der Waals surface area contributed by atoms with Crippen LogP contribution in [0.2, 0.25) is 5.02 Å². The van der Waals surface area contributed by atoms with Crippen LogP contribution < -0.4 is 10.6 Å². The van der Waals surface area contributed by atoms with Gasteiger partial charge in [-0.3, -0.25) is 0 Å². The highest BCUT2D eigenvalue weighted by Gasteiger charge is 2.17. The monoisotopic (exact) mass is 438 g/mol. The Kier molecular flexibility index (Phi) is 7.44. The van der Waals surface area contributed by atoms with Crippen molar-refractivity contribution in [1.29, 1.82) is 0 Å². The first-order chi connectivity index (χ1) is 14.5. The van der Waals surface area contributed by atoms with E-state index in [-0.39, 0.29) is 12.6 Å². The van der Waals surface area contributed by atoms with Gasteiger partial charge >= 0.3 is 5.97 Å². The molecule has 0 aromatic heterocycles. The zero-order chi connectivity index (χ0) is 21.5. The Balaban J connectivity index is 1.82. The van der Waals surface area contributed by atoms with E-state index in [1.165, 1.54) is 5.56 Å². The van der Waals surface area contributed by atoms with Crippen molar-refractivity contribution in [3.63, 3.8) is 0 Å². The van der Waals surface area contributed by atoms with Crippen molar-refractivity contribution in [2.75, 3.05) is 11.9 Å². The van der Waals surface area contributed by atoms with Crippen LogP contribution in [0, 0.1) is 6.92 Å². The molecule has 0 aliphatic carbocycles. The number of nitrogens with one attached hydrogen (secondary N) is 2. The van der Waals surface area contributed by atoms with E-state index >= 15 is 0 Å². The van der Waals surface area contributed by atoms with Gasteiger partial charge in [-0.2, -0.15) is 0 Å². The Morgan fingerprint density at radius 1 is 1.03 bits per heavy atom. The van der Waals surface area contributed by atoms with Gasteiger partial charge in [0.1, 0.15) is 0 Å². The quantitative estimate of drug-likeness (QED) is 0.370. The highest BCUT2D eigenvalue weighted by molar-refractivity contribution is 7.80. The Labute approximate surface area is 187 Å². The van der Waals surface area contributed by atoms with E-state index in [1.54, 1.807) is 25.1 Å². The second-order valence-electron chi connectivity index (χ2n) is 6.77. The molecule has 3 aromatic carbocycles. The number of anilines is 1. The van der Waals surface area contributed by atoms with Crippen LogP contribution in [0.4, 0.5) is 5.69 Å². The van der Waals surface area contributed by atoms with Crippen LogP contribution in [0.3, 0.4) is 0 Å².